The van der Waals surface area contributed by atoms with Crippen LogP contribution in [-0.4, -0.2) is 50.3 Å². The molecule has 1 fully saturated rings. The number of ether oxygens (including phenoxy) is 1. The highest BCUT2D eigenvalue weighted by atomic mass is 79.9. The summed E-state index contributed by atoms with van der Waals surface area (Å²) in [5, 5.41) is 2.58. The lowest BCUT2D eigenvalue weighted by Crippen LogP contribution is -2.57. The van der Waals surface area contributed by atoms with Gasteiger partial charge in [-0.05, 0) is 31.2 Å². The molecule has 0 saturated carbocycles. The average molecular weight is 405 g/mol. The maximum atomic E-state index is 12.8. The van der Waals surface area contributed by atoms with Crippen molar-refractivity contribution in [3.05, 3.63) is 28.7 Å². The van der Waals surface area contributed by atoms with Crippen LogP contribution in [-0.2, 0) is 24.3 Å². The van der Waals surface area contributed by atoms with E-state index >= 15 is 0 Å². The van der Waals surface area contributed by atoms with E-state index < -0.39 is 27.9 Å². The molecule has 1 amide bonds. The zero-order valence-electron chi connectivity index (χ0n) is 12.5. The molecule has 0 radical (unpaired) electrons. The number of piperazine rings is 1. The summed E-state index contributed by atoms with van der Waals surface area (Å²) in [5.74, 6) is -1.10. The van der Waals surface area contributed by atoms with Crippen molar-refractivity contribution in [1.29, 1.82) is 0 Å². The predicted molar refractivity (Wildman–Crippen MR) is 86.1 cm³/mol. The van der Waals surface area contributed by atoms with Gasteiger partial charge in [-0.15, -0.1) is 0 Å². The number of carbonyl (C=O) groups is 2. The molecule has 1 aliphatic heterocycles. The molecule has 1 atom stereocenters. The molecule has 0 aromatic heterocycles. The zero-order chi connectivity index (χ0) is 17.0. The van der Waals surface area contributed by atoms with Crippen molar-refractivity contribution in [2.45, 2.75) is 24.3 Å². The van der Waals surface area contributed by atoms with Gasteiger partial charge in [-0.3, -0.25) is 9.59 Å². The smallest absolute Gasteiger partial charge is 0.307 e. The average Bonchev–Trinajstić information content (AvgIpc) is 2.50. The SMILES string of the molecule is CCOC(=O)C[C@H]1C(=O)NCCN1S(=O)(=O)c1ccc(Br)cc1. The fourth-order valence-electron chi connectivity index (χ4n) is 2.30. The van der Waals surface area contributed by atoms with E-state index in [1.54, 1.807) is 19.1 Å². The number of hydrogen-bond acceptors (Lipinski definition) is 5. The van der Waals surface area contributed by atoms with Gasteiger partial charge in [0, 0.05) is 17.6 Å². The first kappa shape index (κ1) is 17.9. The topological polar surface area (TPSA) is 92.8 Å². The van der Waals surface area contributed by atoms with Gasteiger partial charge in [-0.1, -0.05) is 15.9 Å². The van der Waals surface area contributed by atoms with E-state index in [0.717, 1.165) is 8.78 Å². The predicted octanol–water partition coefficient (Wildman–Crippen LogP) is 0.891. The summed E-state index contributed by atoms with van der Waals surface area (Å²) in [6.07, 6.45) is -0.310. The largest absolute Gasteiger partial charge is 0.466 e. The molecular weight excluding hydrogens is 388 g/mol. The normalized spacial score (nSPS) is 19.2. The molecule has 126 valence electrons. The Balaban J connectivity index is 2.30. The second kappa shape index (κ2) is 7.41. The van der Waals surface area contributed by atoms with Crippen molar-refractivity contribution in [3.63, 3.8) is 0 Å². The minimum Gasteiger partial charge on any atom is -0.466 e. The number of nitrogens with one attached hydrogen (secondary N) is 1. The number of halogens is 1. The highest BCUT2D eigenvalue weighted by Gasteiger charge is 2.39. The number of rotatable bonds is 5. The third-order valence-corrected chi connectivity index (χ3v) is 5.82. The summed E-state index contributed by atoms with van der Waals surface area (Å²) >= 11 is 3.25. The molecule has 1 saturated heterocycles. The molecule has 0 spiro atoms. The summed E-state index contributed by atoms with van der Waals surface area (Å²) in [6.45, 7) is 2.13. The van der Waals surface area contributed by atoms with Gasteiger partial charge in [0.1, 0.15) is 6.04 Å². The summed E-state index contributed by atoms with van der Waals surface area (Å²) in [6, 6.07) is 5.02. The Bertz CT molecular complexity index is 690. The van der Waals surface area contributed by atoms with Gasteiger partial charge in [0.2, 0.25) is 15.9 Å². The van der Waals surface area contributed by atoms with Crippen LogP contribution in [0.25, 0.3) is 0 Å². The van der Waals surface area contributed by atoms with E-state index in [0.29, 0.717) is 0 Å². The first-order chi connectivity index (χ1) is 10.9. The van der Waals surface area contributed by atoms with E-state index in [2.05, 4.69) is 21.2 Å². The van der Waals surface area contributed by atoms with Gasteiger partial charge in [0.05, 0.1) is 17.9 Å². The van der Waals surface area contributed by atoms with Crippen LogP contribution in [0, 0.1) is 0 Å². The van der Waals surface area contributed by atoms with Crippen LogP contribution in [0.5, 0.6) is 0 Å². The fourth-order valence-corrected chi connectivity index (χ4v) is 4.15. The minimum atomic E-state index is -3.88. The van der Waals surface area contributed by atoms with Crippen LogP contribution >= 0.6 is 15.9 Å². The summed E-state index contributed by atoms with van der Waals surface area (Å²) in [7, 11) is -3.88. The number of sulfonamides is 1. The molecule has 23 heavy (non-hydrogen) atoms. The highest BCUT2D eigenvalue weighted by Crippen LogP contribution is 2.23. The standard InChI is InChI=1S/C14H17BrN2O5S/c1-2-22-13(18)9-12-14(19)16-7-8-17(12)23(20,21)11-5-3-10(15)4-6-11/h3-6,12H,2,7-9H2,1H3,(H,16,19)/t12-/m0/s1. The third kappa shape index (κ3) is 4.10. The van der Waals surface area contributed by atoms with E-state index in [1.165, 1.54) is 12.1 Å². The van der Waals surface area contributed by atoms with Gasteiger partial charge < -0.3 is 10.1 Å². The van der Waals surface area contributed by atoms with Crippen LogP contribution in [0.4, 0.5) is 0 Å². The fraction of sp³-hybridized carbons (Fsp3) is 0.429. The summed E-state index contributed by atoms with van der Waals surface area (Å²) in [4.78, 5) is 23.8. The number of amides is 1. The number of benzene rings is 1. The second-order valence-electron chi connectivity index (χ2n) is 4.89. The van der Waals surface area contributed by atoms with Crippen LogP contribution < -0.4 is 5.32 Å². The summed E-state index contributed by atoms with van der Waals surface area (Å²) in [5.41, 5.74) is 0. The molecule has 2 rings (SSSR count). The van der Waals surface area contributed by atoms with E-state index in [-0.39, 0.29) is 31.0 Å². The molecule has 1 N–H and O–H groups in total. The molecule has 0 aliphatic carbocycles. The van der Waals surface area contributed by atoms with Gasteiger partial charge in [-0.25, -0.2) is 8.42 Å². The van der Waals surface area contributed by atoms with Gasteiger partial charge in [0.25, 0.3) is 0 Å². The molecule has 0 bridgehead atoms. The van der Waals surface area contributed by atoms with Gasteiger partial charge in [0.15, 0.2) is 0 Å². The van der Waals surface area contributed by atoms with Crippen LogP contribution in [0.2, 0.25) is 0 Å². The molecule has 1 aromatic rings. The van der Waals surface area contributed by atoms with Gasteiger partial charge in [-0.2, -0.15) is 4.31 Å². The lowest BCUT2D eigenvalue weighted by molar-refractivity contribution is -0.146. The molecule has 1 heterocycles. The Morgan fingerprint density at radius 1 is 1.39 bits per heavy atom. The Hall–Kier alpha value is -1.45. The maximum absolute atomic E-state index is 12.8. The van der Waals surface area contributed by atoms with E-state index in [1.807, 2.05) is 0 Å². The third-order valence-electron chi connectivity index (χ3n) is 3.37. The van der Waals surface area contributed by atoms with Crippen LogP contribution in [0.15, 0.2) is 33.6 Å². The Kier molecular flexibility index (Phi) is 5.77. The van der Waals surface area contributed by atoms with Crippen molar-refractivity contribution in [2.24, 2.45) is 0 Å². The lowest BCUT2D eigenvalue weighted by Gasteiger charge is -2.33. The molecule has 1 aromatic carbocycles. The molecule has 0 unspecified atom stereocenters. The van der Waals surface area contributed by atoms with Crippen LogP contribution in [0.3, 0.4) is 0 Å². The Labute approximate surface area is 143 Å². The van der Waals surface area contributed by atoms with Gasteiger partial charge >= 0.3 is 5.97 Å². The second-order valence-corrected chi connectivity index (χ2v) is 7.69. The van der Waals surface area contributed by atoms with Crippen molar-refractivity contribution in [1.82, 2.24) is 9.62 Å². The molecular formula is C14H17BrN2O5S. The minimum absolute atomic E-state index is 0.0734. The first-order valence-electron chi connectivity index (χ1n) is 7.07. The monoisotopic (exact) mass is 404 g/mol. The first-order valence-corrected chi connectivity index (χ1v) is 9.30. The summed E-state index contributed by atoms with van der Waals surface area (Å²) < 4.78 is 32.2. The molecule has 7 nitrogen and oxygen atoms in total. The zero-order valence-corrected chi connectivity index (χ0v) is 14.9. The molecule has 9 heteroatoms. The number of hydrogen-bond donors (Lipinski definition) is 1. The van der Waals surface area contributed by atoms with Crippen molar-refractivity contribution in [2.75, 3.05) is 19.7 Å². The maximum Gasteiger partial charge on any atom is 0.307 e. The Morgan fingerprint density at radius 2 is 2.04 bits per heavy atom. The Morgan fingerprint density at radius 3 is 2.65 bits per heavy atom. The number of nitrogens with zero attached hydrogens (tertiary/aromatic N) is 1. The molecule has 1 aliphatic rings. The highest BCUT2D eigenvalue weighted by molar-refractivity contribution is 9.10. The van der Waals surface area contributed by atoms with Crippen molar-refractivity contribution in [3.8, 4) is 0 Å². The number of carbonyl (C=O) groups excluding carboxylic acids is 2. The van der Waals surface area contributed by atoms with Crippen molar-refractivity contribution < 1.29 is 22.7 Å². The number of esters is 1. The van der Waals surface area contributed by atoms with E-state index in [4.69, 9.17) is 4.74 Å². The lowest BCUT2D eigenvalue weighted by atomic mass is 10.1. The van der Waals surface area contributed by atoms with Crippen molar-refractivity contribution >= 4 is 37.8 Å². The quantitative estimate of drug-likeness (QED) is 0.735. The van der Waals surface area contributed by atoms with E-state index in [9.17, 15) is 18.0 Å². The van der Waals surface area contributed by atoms with Crippen LogP contribution in [0.1, 0.15) is 13.3 Å².